The van der Waals surface area contributed by atoms with Gasteiger partial charge in [0, 0.05) is 43.6 Å². The Morgan fingerprint density at radius 3 is 2.91 bits per heavy atom. The fourth-order valence-corrected chi connectivity index (χ4v) is 4.57. The molecule has 0 radical (unpaired) electrons. The van der Waals surface area contributed by atoms with E-state index in [1.54, 1.807) is 0 Å². The number of hydrogen-bond acceptors (Lipinski definition) is 5. The van der Waals surface area contributed by atoms with E-state index in [2.05, 4.69) is 21.0 Å². The van der Waals surface area contributed by atoms with Crippen LogP contribution in [0.2, 0.25) is 0 Å². The normalized spacial score (nSPS) is 33.4. The van der Waals surface area contributed by atoms with E-state index in [1.807, 2.05) is 6.92 Å². The number of nitrogens with zero attached hydrogens (tertiary/aromatic N) is 3. The van der Waals surface area contributed by atoms with E-state index in [4.69, 9.17) is 9.26 Å². The first-order chi connectivity index (χ1) is 10.7. The molecule has 0 aromatic carbocycles. The Kier molecular flexibility index (Phi) is 3.96. The highest BCUT2D eigenvalue weighted by atomic mass is 16.5. The first kappa shape index (κ1) is 14.7. The van der Waals surface area contributed by atoms with Gasteiger partial charge in [-0.1, -0.05) is 11.6 Å². The van der Waals surface area contributed by atoms with Crippen LogP contribution in [0.4, 0.5) is 0 Å². The van der Waals surface area contributed by atoms with Crippen LogP contribution in [0.5, 0.6) is 0 Å². The number of hydrogen-bond donors (Lipinski definition) is 0. The molecule has 3 aliphatic heterocycles. The van der Waals surface area contributed by atoms with Gasteiger partial charge in [0.05, 0.1) is 18.9 Å². The summed E-state index contributed by atoms with van der Waals surface area (Å²) in [6, 6.07) is 2.06. The van der Waals surface area contributed by atoms with Crippen molar-refractivity contribution in [2.24, 2.45) is 11.3 Å². The summed E-state index contributed by atoms with van der Waals surface area (Å²) in [6.45, 7) is 10.8. The maximum atomic E-state index is 5.87. The maximum absolute atomic E-state index is 5.87. The summed E-state index contributed by atoms with van der Waals surface area (Å²) in [7, 11) is 0. The van der Waals surface area contributed by atoms with Crippen LogP contribution in [0.3, 0.4) is 0 Å². The minimum atomic E-state index is 0.343. The summed E-state index contributed by atoms with van der Waals surface area (Å²) in [6.07, 6.45) is 4.13. The number of aromatic nitrogens is 1. The molecule has 0 spiro atoms. The van der Waals surface area contributed by atoms with Crippen molar-refractivity contribution in [1.82, 2.24) is 15.0 Å². The largest absolute Gasteiger partial charge is 0.380 e. The lowest BCUT2D eigenvalue weighted by Crippen LogP contribution is -2.45. The summed E-state index contributed by atoms with van der Waals surface area (Å²) < 4.78 is 11.1. The summed E-state index contributed by atoms with van der Waals surface area (Å²) in [5.74, 6) is 1.59. The van der Waals surface area contributed by atoms with Gasteiger partial charge < -0.3 is 14.2 Å². The van der Waals surface area contributed by atoms with Gasteiger partial charge in [-0.3, -0.25) is 4.90 Å². The van der Waals surface area contributed by atoms with Gasteiger partial charge in [0.25, 0.3) is 0 Å². The zero-order chi connectivity index (χ0) is 15.0. The van der Waals surface area contributed by atoms with E-state index in [0.29, 0.717) is 11.3 Å². The van der Waals surface area contributed by atoms with E-state index in [1.165, 1.54) is 38.9 Å². The Balaban J connectivity index is 1.42. The third-order valence-corrected chi connectivity index (χ3v) is 5.64. The van der Waals surface area contributed by atoms with Crippen LogP contribution >= 0.6 is 0 Å². The second-order valence-electron chi connectivity index (χ2n) is 7.51. The third-order valence-electron chi connectivity index (χ3n) is 5.64. The molecule has 3 aliphatic rings. The molecule has 0 N–H and O–H groups in total. The number of piperidine rings is 1. The molecule has 0 amide bonds. The van der Waals surface area contributed by atoms with Crippen molar-refractivity contribution < 1.29 is 9.26 Å². The van der Waals surface area contributed by atoms with Crippen LogP contribution in [0.15, 0.2) is 10.6 Å². The molecule has 5 nitrogen and oxygen atoms in total. The Bertz CT molecular complexity index is 512. The van der Waals surface area contributed by atoms with Crippen LogP contribution in [-0.4, -0.2) is 60.9 Å². The molecule has 0 bridgehead atoms. The minimum absolute atomic E-state index is 0.343. The topological polar surface area (TPSA) is 41.7 Å². The first-order valence-corrected chi connectivity index (χ1v) is 8.68. The van der Waals surface area contributed by atoms with E-state index < -0.39 is 0 Å². The Morgan fingerprint density at radius 1 is 1.27 bits per heavy atom. The van der Waals surface area contributed by atoms with E-state index >= 15 is 0 Å². The maximum Gasteiger partial charge on any atom is 0.133 e. The Labute approximate surface area is 132 Å². The van der Waals surface area contributed by atoms with E-state index in [-0.39, 0.29) is 0 Å². The summed E-state index contributed by atoms with van der Waals surface area (Å²) >= 11 is 0. The highest BCUT2D eigenvalue weighted by molar-refractivity contribution is 5.07. The van der Waals surface area contributed by atoms with Crippen molar-refractivity contribution in [2.75, 3.05) is 45.9 Å². The molecule has 0 unspecified atom stereocenters. The lowest BCUT2D eigenvalue weighted by Gasteiger charge is -2.36. The van der Waals surface area contributed by atoms with Gasteiger partial charge in [-0.25, -0.2) is 0 Å². The van der Waals surface area contributed by atoms with Crippen LogP contribution in [0.1, 0.15) is 30.7 Å². The van der Waals surface area contributed by atoms with Gasteiger partial charge in [-0.2, -0.15) is 0 Å². The molecule has 0 saturated carbocycles. The Morgan fingerprint density at radius 2 is 2.14 bits per heavy atom. The molecule has 3 fully saturated rings. The van der Waals surface area contributed by atoms with Gasteiger partial charge in [-0.05, 0) is 32.9 Å². The summed E-state index contributed by atoms with van der Waals surface area (Å²) in [5.41, 5.74) is 1.40. The van der Waals surface area contributed by atoms with Crippen LogP contribution in [0.25, 0.3) is 0 Å². The fraction of sp³-hybridized carbons (Fsp3) is 0.824. The van der Waals surface area contributed by atoms with Crippen molar-refractivity contribution in [3.8, 4) is 0 Å². The van der Waals surface area contributed by atoms with Crippen molar-refractivity contribution in [3.63, 3.8) is 0 Å². The van der Waals surface area contributed by atoms with Gasteiger partial charge in [-0.15, -0.1) is 0 Å². The molecule has 1 aromatic rings. The minimum Gasteiger partial charge on any atom is -0.380 e. The zero-order valence-corrected chi connectivity index (χ0v) is 13.6. The molecular formula is C17H27N3O2. The van der Waals surface area contributed by atoms with Crippen LogP contribution in [0, 0.1) is 18.3 Å². The molecule has 122 valence electrons. The van der Waals surface area contributed by atoms with Gasteiger partial charge in [0.15, 0.2) is 0 Å². The highest BCUT2D eigenvalue weighted by Crippen LogP contribution is 2.42. The molecule has 3 saturated heterocycles. The molecule has 5 heteroatoms. The number of ether oxygens (including phenoxy) is 1. The predicted octanol–water partition coefficient (Wildman–Crippen LogP) is 1.92. The van der Waals surface area contributed by atoms with Crippen LogP contribution < -0.4 is 0 Å². The quantitative estimate of drug-likeness (QED) is 0.850. The fourth-order valence-electron chi connectivity index (χ4n) is 4.57. The summed E-state index contributed by atoms with van der Waals surface area (Å²) in [4.78, 5) is 5.23. The van der Waals surface area contributed by atoms with Crippen molar-refractivity contribution >= 4 is 0 Å². The average molecular weight is 305 g/mol. The number of likely N-dealkylation sites (tertiary alicyclic amines) is 2. The first-order valence-electron chi connectivity index (χ1n) is 8.68. The summed E-state index contributed by atoms with van der Waals surface area (Å²) in [5, 5.41) is 4.15. The lowest BCUT2D eigenvalue weighted by molar-refractivity contribution is 0.0861. The van der Waals surface area contributed by atoms with Gasteiger partial charge >= 0.3 is 0 Å². The molecule has 22 heavy (non-hydrogen) atoms. The monoisotopic (exact) mass is 305 g/mol. The third kappa shape index (κ3) is 2.82. The highest BCUT2D eigenvalue weighted by Gasteiger charge is 2.51. The standard InChI is InChI=1S/C17H27N3O2/c1-14-7-16(18-22-14)9-20-8-15-10-21-13-17(15,12-20)11-19-5-3-2-4-6-19/h7,15H,2-6,8-13H2,1H3/t15-,17+/m1/s1. The van der Waals surface area contributed by atoms with Crippen molar-refractivity contribution in [1.29, 1.82) is 0 Å². The van der Waals surface area contributed by atoms with E-state index in [0.717, 1.165) is 44.3 Å². The molecule has 4 rings (SSSR count). The second-order valence-corrected chi connectivity index (χ2v) is 7.51. The number of fused-ring (bicyclic) bond motifs is 1. The predicted molar refractivity (Wildman–Crippen MR) is 83.6 cm³/mol. The van der Waals surface area contributed by atoms with E-state index in [9.17, 15) is 0 Å². The lowest BCUT2D eigenvalue weighted by atomic mass is 9.80. The smallest absolute Gasteiger partial charge is 0.133 e. The van der Waals surface area contributed by atoms with Crippen LogP contribution in [-0.2, 0) is 11.3 Å². The zero-order valence-electron chi connectivity index (χ0n) is 13.6. The van der Waals surface area contributed by atoms with Crippen molar-refractivity contribution in [2.45, 2.75) is 32.7 Å². The Hall–Kier alpha value is -0.910. The van der Waals surface area contributed by atoms with Gasteiger partial charge in [0.2, 0.25) is 0 Å². The average Bonchev–Trinajstić information content (AvgIpc) is 3.15. The molecular weight excluding hydrogens is 278 g/mol. The molecule has 0 aliphatic carbocycles. The molecule has 1 aromatic heterocycles. The molecule has 4 heterocycles. The molecule has 2 atom stereocenters. The van der Waals surface area contributed by atoms with Crippen molar-refractivity contribution in [3.05, 3.63) is 17.5 Å². The second kappa shape index (κ2) is 5.95. The number of aryl methyl sites for hydroxylation is 1. The van der Waals surface area contributed by atoms with Gasteiger partial charge in [0.1, 0.15) is 5.76 Å². The SMILES string of the molecule is Cc1cc(CN2C[C@@H]3COC[C@]3(CN3CCCCC3)C2)no1. The number of rotatable bonds is 4.